The van der Waals surface area contributed by atoms with Crippen LogP contribution in [0.5, 0.6) is 0 Å². The third-order valence-electron chi connectivity index (χ3n) is 8.14. The van der Waals surface area contributed by atoms with Gasteiger partial charge in [-0.05, 0) is 104 Å². The van der Waals surface area contributed by atoms with Gasteiger partial charge in [-0.15, -0.1) is 42.0 Å². The number of hydrogen-bond acceptors (Lipinski definition) is 4. The van der Waals surface area contributed by atoms with Crippen molar-refractivity contribution in [3.8, 4) is 33.6 Å². The number of hydrogen-bond donors (Lipinski definition) is 0. The monoisotopic (exact) mass is 849 g/mol. The van der Waals surface area contributed by atoms with Crippen LogP contribution < -0.4 is 0 Å². The molecule has 4 heterocycles. The Kier molecular flexibility index (Phi) is 7.77. The standard InChI is InChI=1S/C26H21N2O.C18H21FN.Ir/c1-15-12-16(2)24(17(3)13-15)19-10-11-27-23(14-19)22-7-5-6-20-21-9-8-18(4)28-26(21)29-25(20)22;1-12-6-7-15(16(19)8-12)17-9-14(10-18(3,4)5)13(2)11-20-17;/h5-6,8-14H,1-4H3;6,8-9,11H,10H2,1-5H3;/q2*-1;/i4D3;1D3,2D3;. The summed E-state index contributed by atoms with van der Waals surface area (Å²) in [7, 11) is 0. The molecule has 3 aromatic carbocycles. The maximum Gasteiger partial charge on any atom is 0.216 e. The molecule has 4 nitrogen and oxygen atoms in total. The van der Waals surface area contributed by atoms with Crippen LogP contribution in [0.25, 0.3) is 55.7 Å². The number of aryl methyl sites for hydroxylation is 6. The van der Waals surface area contributed by atoms with E-state index in [0.29, 0.717) is 23.3 Å². The molecule has 50 heavy (non-hydrogen) atoms. The first-order valence-electron chi connectivity index (χ1n) is 20.4. The van der Waals surface area contributed by atoms with Gasteiger partial charge in [-0.25, -0.2) is 4.98 Å². The summed E-state index contributed by atoms with van der Waals surface area (Å²) in [6.07, 6.45) is 3.52. The molecule has 1 radical (unpaired) electrons. The van der Waals surface area contributed by atoms with E-state index in [1.165, 1.54) is 40.6 Å². The van der Waals surface area contributed by atoms with Crippen molar-refractivity contribution in [3.05, 3.63) is 136 Å². The van der Waals surface area contributed by atoms with Crippen LogP contribution in [0.4, 0.5) is 4.39 Å². The van der Waals surface area contributed by atoms with Crippen molar-refractivity contribution in [2.24, 2.45) is 5.41 Å². The molecule has 0 aliphatic carbocycles. The number of benzene rings is 3. The van der Waals surface area contributed by atoms with Gasteiger partial charge in [0.2, 0.25) is 5.71 Å². The van der Waals surface area contributed by atoms with Crippen LogP contribution in [0, 0.1) is 64.7 Å². The molecule has 257 valence electrons. The summed E-state index contributed by atoms with van der Waals surface area (Å²) < 4.78 is 88.4. The number of nitrogens with zero attached hydrogens (tertiary/aromatic N) is 3. The van der Waals surface area contributed by atoms with Crippen molar-refractivity contribution in [2.75, 3.05) is 0 Å². The number of rotatable bonds is 4. The van der Waals surface area contributed by atoms with Gasteiger partial charge in [-0.2, -0.15) is 0 Å². The maximum absolute atomic E-state index is 14.4. The van der Waals surface area contributed by atoms with Crippen LogP contribution >= 0.6 is 0 Å². The van der Waals surface area contributed by atoms with Gasteiger partial charge in [0, 0.05) is 61.7 Å². The predicted molar refractivity (Wildman–Crippen MR) is 199 cm³/mol. The maximum atomic E-state index is 14.4. The van der Waals surface area contributed by atoms with E-state index in [0.717, 1.165) is 33.7 Å². The summed E-state index contributed by atoms with van der Waals surface area (Å²) >= 11 is 0. The molecule has 0 aliphatic rings. The van der Waals surface area contributed by atoms with Crippen molar-refractivity contribution < 1.29 is 41.2 Å². The van der Waals surface area contributed by atoms with Crippen molar-refractivity contribution in [3.63, 3.8) is 0 Å². The average Bonchev–Trinajstić information content (AvgIpc) is 3.48. The molecule has 0 saturated carbocycles. The number of pyridine rings is 3. The van der Waals surface area contributed by atoms with E-state index in [1.807, 2.05) is 45.0 Å². The van der Waals surface area contributed by atoms with Gasteiger partial charge in [-0.3, -0.25) is 4.39 Å². The normalized spacial score (nSPS) is 14.7. The van der Waals surface area contributed by atoms with Gasteiger partial charge in [0.05, 0.1) is 5.58 Å². The summed E-state index contributed by atoms with van der Waals surface area (Å²) in [6.45, 7) is 5.25. The second kappa shape index (κ2) is 14.8. The predicted octanol–water partition coefficient (Wildman–Crippen LogP) is 11.6. The van der Waals surface area contributed by atoms with E-state index in [-0.39, 0.29) is 53.6 Å². The fourth-order valence-electron chi connectivity index (χ4n) is 6.19. The first-order valence-corrected chi connectivity index (χ1v) is 15.9. The summed E-state index contributed by atoms with van der Waals surface area (Å²) in [5.74, 6) is -0.755. The zero-order chi connectivity index (χ0) is 42.5. The zero-order valence-electron chi connectivity index (χ0n) is 37.7. The number of fused-ring (bicyclic) bond motifs is 3. The number of halogens is 1. The molecule has 0 amide bonds. The average molecular weight is 849 g/mol. The SMILES string of the molecule is [2H]C([2H])([2H])c1c[c-]c(-c2cc(CC(C)(C)C)c(C([2H])([2H])[2H])cn2)c(F)c1.[2H]C([2H])([2H])c1ccc2c(n1)oc1c(-c3cc(-c4c(C)cc(C)cc4C)ccn3)[c-]ccc12.[Ir]. The Balaban J connectivity index is 0.000000226. The van der Waals surface area contributed by atoms with Gasteiger partial charge < -0.3 is 14.4 Å². The van der Waals surface area contributed by atoms with Crippen molar-refractivity contribution in [1.82, 2.24) is 15.0 Å². The van der Waals surface area contributed by atoms with E-state index < -0.39 is 26.4 Å². The molecule has 0 aliphatic heterocycles. The second-order valence-corrected chi connectivity index (χ2v) is 13.5. The number of aromatic nitrogens is 3. The molecule has 6 heteroatoms. The van der Waals surface area contributed by atoms with Crippen molar-refractivity contribution >= 4 is 22.1 Å². The minimum Gasteiger partial charge on any atom is -0.486 e. The van der Waals surface area contributed by atoms with Gasteiger partial charge in [-0.1, -0.05) is 79.5 Å². The van der Waals surface area contributed by atoms with Crippen LogP contribution in [0.3, 0.4) is 0 Å². The van der Waals surface area contributed by atoms with E-state index >= 15 is 0 Å². The molecule has 0 bridgehead atoms. The smallest absolute Gasteiger partial charge is 0.216 e. The van der Waals surface area contributed by atoms with Crippen LogP contribution in [0.2, 0.25) is 0 Å². The molecule has 7 aromatic rings. The molecule has 0 spiro atoms. The van der Waals surface area contributed by atoms with E-state index in [9.17, 15) is 4.39 Å². The molecule has 0 atom stereocenters. The molecule has 0 N–H and O–H groups in total. The Bertz CT molecular complexity index is 2640. The molecular formula is C44H42FIrN3O-2. The van der Waals surface area contributed by atoms with Crippen LogP contribution in [0.1, 0.15) is 72.2 Å². The summed E-state index contributed by atoms with van der Waals surface area (Å²) in [5.41, 5.74) is 8.94. The van der Waals surface area contributed by atoms with Gasteiger partial charge in [0.25, 0.3) is 0 Å². The van der Waals surface area contributed by atoms with Crippen LogP contribution in [0.15, 0.2) is 83.5 Å². The summed E-state index contributed by atoms with van der Waals surface area (Å²) in [5, 5.41) is 1.62. The van der Waals surface area contributed by atoms with Crippen LogP contribution in [-0.4, -0.2) is 15.0 Å². The third kappa shape index (κ3) is 7.93. The minimum absolute atomic E-state index is 0. The molecular weight excluding hydrogens is 798 g/mol. The van der Waals surface area contributed by atoms with Crippen molar-refractivity contribution in [2.45, 2.75) is 68.5 Å². The Morgan fingerprint density at radius 1 is 0.800 bits per heavy atom. The van der Waals surface area contributed by atoms with Crippen LogP contribution in [-0.2, 0) is 26.5 Å². The molecule has 0 unspecified atom stereocenters. The van der Waals surface area contributed by atoms with E-state index in [1.54, 1.807) is 18.3 Å². The quantitative estimate of drug-likeness (QED) is 0.166. The van der Waals surface area contributed by atoms with Gasteiger partial charge in [0.1, 0.15) is 0 Å². The van der Waals surface area contributed by atoms with E-state index in [2.05, 4.69) is 60.0 Å². The Morgan fingerprint density at radius 3 is 2.28 bits per heavy atom. The number of furan rings is 1. The van der Waals surface area contributed by atoms with Gasteiger partial charge in [0.15, 0.2) is 0 Å². The molecule has 7 rings (SSSR count). The topological polar surface area (TPSA) is 51.8 Å². The largest absolute Gasteiger partial charge is 0.486 e. The summed E-state index contributed by atoms with van der Waals surface area (Å²) in [4.78, 5) is 12.9. The van der Waals surface area contributed by atoms with Crippen molar-refractivity contribution in [1.29, 1.82) is 0 Å². The Labute approximate surface area is 321 Å². The Hall–Kier alpha value is -4.51. The first-order chi connectivity index (χ1) is 26.9. The van der Waals surface area contributed by atoms with E-state index in [4.69, 9.17) is 16.8 Å². The molecule has 4 aromatic heterocycles. The summed E-state index contributed by atoms with van der Waals surface area (Å²) in [6, 6.07) is 25.1. The second-order valence-electron chi connectivity index (χ2n) is 13.5. The van der Waals surface area contributed by atoms with Gasteiger partial charge >= 0.3 is 0 Å². The zero-order valence-corrected chi connectivity index (χ0v) is 31.1. The molecule has 0 fully saturated rings. The minimum atomic E-state index is -2.42. The Morgan fingerprint density at radius 2 is 1.58 bits per heavy atom. The first kappa shape index (κ1) is 26.3. The fraction of sp³-hybridized carbons (Fsp3) is 0.250. The fourth-order valence-corrected chi connectivity index (χ4v) is 6.19. The molecule has 0 saturated heterocycles. The third-order valence-corrected chi connectivity index (χ3v) is 8.14.